The summed E-state index contributed by atoms with van der Waals surface area (Å²) < 4.78 is 0. The van der Waals surface area contributed by atoms with Crippen molar-refractivity contribution in [3.05, 3.63) is 71.8 Å². The van der Waals surface area contributed by atoms with Gasteiger partial charge in [-0.3, -0.25) is 62.5 Å². The molecule has 2 aromatic carbocycles. The number of carboxylic acid groups (broad SMARTS) is 1. The number of guanidine groups is 1. The third-order valence-corrected chi connectivity index (χ3v) is 13.0. The van der Waals surface area contributed by atoms with Crippen molar-refractivity contribution in [3.8, 4) is 0 Å². The number of primary amides is 3. The van der Waals surface area contributed by atoms with Crippen LogP contribution in [0.1, 0.15) is 104 Å². The van der Waals surface area contributed by atoms with Crippen LogP contribution in [0.4, 0.5) is 0 Å². The predicted octanol–water partition coefficient (Wildman–Crippen LogP) is -4.30. The zero-order valence-corrected chi connectivity index (χ0v) is 49.4. The fraction of sp³-hybridized carbons (Fsp3) is 0.536. The lowest BCUT2D eigenvalue weighted by atomic mass is 9.99. The number of aliphatic carboxylic acids is 1. The molecule has 2 aromatic rings. The standard InChI is InChI=1S/C56H86N16O14/c1-29(2)24-38(69-53(83)45(30(3)4)71-44(76)28-64-48(78)36(19-21-41(58)73)65-47(77)34(57)25-32-14-9-7-10-15-32)51(81)66-37(20-22-42(59)74)50(80)68-39(27-43(60)75)52(82)72-46(31(5)6)54(84)67-35(18-13-23-63-56(61)62)49(79)70-40(55(85)86)26-33-16-11-8-12-17-33/h7-12,14-17,29-31,34-40,45-46H,13,18-28,57H2,1-6H3,(H2,58,73)(H2,59,74)(H2,60,75)(H,64,78)(H,65,77)(H,66,81)(H,67,84)(H,68,80)(H,69,83)(H,70,79)(H,71,76)(H,72,82)(H,85,86)(H4,61,62,63)/t34-,35-,36-,37-,38-,39-,40-,45-,46-/m0/s1. The molecule has 0 saturated heterocycles. The average molecular weight is 1210 g/mol. The first-order valence-electron chi connectivity index (χ1n) is 28.0. The molecule has 0 aliphatic rings. The molecule has 0 spiro atoms. The Morgan fingerprint density at radius 3 is 1.36 bits per heavy atom. The summed E-state index contributed by atoms with van der Waals surface area (Å²) in [5, 5.41) is 32.2. The van der Waals surface area contributed by atoms with Gasteiger partial charge in [-0.15, -0.1) is 0 Å². The van der Waals surface area contributed by atoms with Gasteiger partial charge in [-0.2, -0.15) is 0 Å². The first-order valence-corrected chi connectivity index (χ1v) is 28.0. The zero-order chi connectivity index (χ0) is 64.8. The van der Waals surface area contributed by atoms with E-state index in [-0.39, 0.29) is 63.4 Å². The highest BCUT2D eigenvalue weighted by Crippen LogP contribution is 2.13. The van der Waals surface area contributed by atoms with Crippen LogP contribution in [0.3, 0.4) is 0 Å². The maximum absolute atomic E-state index is 14.2. The summed E-state index contributed by atoms with van der Waals surface area (Å²) in [5.41, 5.74) is 34.6. The van der Waals surface area contributed by atoms with Gasteiger partial charge in [0, 0.05) is 25.8 Å². The van der Waals surface area contributed by atoms with E-state index in [0.717, 1.165) is 5.56 Å². The van der Waals surface area contributed by atoms with E-state index in [1.165, 1.54) is 13.8 Å². The number of hydrogen-bond acceptors (Lipinski definition) is 15. The second-order valence-electron chi connectivity index (χ2n) is 21.7. The lowest BCUT2D eigenvalue weighted by molar-refractivity contribution is -0.142. The van der Waals surface area contributed by atoms with Gasteiger partial charge in [0.2, 0.25) is 70.9 Å². The number of nitrogens with zero attached hydrogens (tertiary/aromatic N) is 1. The van der Waals surface area contributed by atoms with Crippen molar-refractivity contribution < 1.29 is 67.4 Å². The SMILES string of the molecule is CC(C)C[C@H](NC(=O)[C@@H](NC(=O)CNC(=O)[C@H](CCC(N)=O)NC(=O)[C@@H](N)Cc1ccccc1)C(C)C)C(=O)N[C@@H](CCC(N)=O)C(=O)N[C@@H](CC(N)=O)C(=O)N[C@H](C(=O)N[C@@H](CCCN=C(N)N)C(=O)N[C@@H](Cc1ccccc1)C(=O)O)C(C)C. The van der Waals surface area contributed by atoms with Gasteiger partial charge in [0.25, 0.3) is 0 Å². The number of hydrogen-bond donors (Lipinski definition) is 16. The lowest BCUT2D eigenvalue weighted by Crippen LogP contribution is -2.61. The van der Waals surface area contributed by atoms with Crippen molar-refractivity contribution in [2.75, 3.05) is 13.1 Å². The molecule has 86 heavy (non-hydrogen) atoms. The molecule has 0 unspecified atom stereocenters. The Balaban J connectivity index is 2.32. The van der Waals surface area contributed by atoms with Gasteiger partial charge >= 0.3 is 5.97 Å². The summed E-state index contributed by atoms with van der Waals surface area (Å²) in [6.07, 6.45) is -2.39. The van der Waals surface area contributed by atoms with Crippen LogP contribution in [-0.4, -0.2) is 155 Å². The molecule has 0 saturated carbocycles. The molecule has 0 bridgehead atoms. The van der Waals surface area contributed by atoms with Crippen LogP contribution in [0.2, 0.25) is 0 Å². The maximum atomic E-state index is 14.2. The number of nitrogens with one attached hydrogen (secondary N) is 9. The van der Waals surface area contributed by atoms with E-state index in [1.54, 1.807) is 88.4 Å². The van der Waals surface area contributed by atoms with Gasteiger partial charge in [-0.1, -0.05) is 102 Å². The highest BCUT2D eigenvalue weighted by molar-refractivity contribution is 5.99. The van der Waals surface area contributed by atoms with E-state index in [4.69, 9.17) is 34.4 Å². The number of rotatable bonds is 39. The van der Waals surface area contributed by atoms with Gasteiger partial charge in [0.1, 0.15) is 48.3 Å². The zero-order valence-electron chi connectivity index (χ0n) is 49.4. The second-order valence-corrected chi connectivity index (χ2v) is 21.7. The van der Waals surface area contributed by atoms with Crippen molar-refractivity contribution in [2.24, 2.45) is 57.1 Å². The average Bonchev–Trinajstić information content (AvgIpc) is 3.61. The number of carboxylic acids is 1. The number of carbonyl (C=O) groups is 13. The minimum atomic E-state index is -1.83. The summed E-state index contributed by atoms with van der Waals surface area (Å²) in [6.45, 7) is 8.96. The first kappa shape index (κ1) is 72.9. The van der Waals surface area contributed by atoms with Gasteiger partial charge in [0.15, 0.2) is 5.96 Å². The molecular weight excluding hydrogens is 1120 g/mol. The van der Waals surface area contributed by atoms with Crippen molar-refractivity contribution in [2.45, 2.75) is 160 Å². The van der Waals surface area contributed by atoms with Crippen molar-refractivity contribution >= 4 is 82.8 Å². The Bertz CT molecular complexity index is 2690. The fourth-order valence-corrected chi connectivity index (χ4v) is 8.46. The Kier molecular flexibility index (Phi) is 31.5. The van der Waals surface area contributed by atoms with Crippen LogP contribution >= 0.6 is 0 Å². The normalized spacial score (nSPS) is 14.2. The Hall–Kier alpha value is -9.22. The van der Waals surface area contributed by atoms with E-state index >= 15 is 0 Å². The lowest BCUT2D eigenvalue weighted by Gasteiger charge is -2.29. The number of amides is 12. The summed E-state index contributed by atoms with van der Waals surface area (Å²) in [6, 6.07) is 4.29. The summed E-state index contributed by atoms with van der Waals surface area (Å²) >= 11 is 0. The molecule has 0 heterocycles. The van der Waals surface area contributed by atoms with Crippen LogP contribution in [0.5, 0.6) is 0 Å². The minimum absolute atomic E-state index is 0.0203. The third kappa shape index (κ3) is 27.9. The van der Waals surface area contributed by atoms with Crippen molar-refractivity contribution in [1.82, 2.24) is 47.9 Å². The fourth-order valence-electron chi connectivity index (χ4n) is 8.46. The van der Waals surface area contributed by atoms with Crippen molar-refractivity contribution in [1.29, 1.82) is 0 Å². The van der Waals surface area contributed by atoms with E-state index in [2.05, 4.69) is 52.8 Å². The smallest absolute Gasteiger partial charge is 0.326 e. The highest BCUT2D eigenvalue weighted by Gasteiger charge is 2.36. The monoisotopic (exact) mass is 1210 g/mol. The molecule has 9 atom stereocenters. The molecule has 22 N–H and O–H groups in total. The number of benzene rings is 2. The summed E-state index contributed by atoms with van der Waals surface area (Å²) in [4.78, 5) is 176. The molecule has 0 radical (unpaired) electrons. The topological polar surface area (TPSA) is 519 Å². The minimum Gasteiger partial charge on any atom is -0.480 e. The van der Waals surface area contributed by atoms with Crippen LogP contribution in [-0.2, 0) is 75.2 Å². The highest BCUT2D eigenvalue weighted by atomic mass is 16.4. The van der Waals surface area contributed by atoms with E-state index in [9.17, 15) is 67.4 Å². The van der Waals surface area contributed by atoms with Gasteiger partial charge in [-0.05, 0) is 67.4 Å². The van der Waals surface area contributed by atoms with Gasteiger partial charge < -0.3 is 87.4 Å². The summed E-state index contributed by atoms with van der Waals surface area (Å²) in [7, 11) is 0. The first-order chi connectivity index (χ1) is 40.4. The van der Waals surface area contributed by atoms with Crippen LogP contribution in [0, 0.1) is 17.8 Å². The van der Waals surface area contributed by atoms with E-state index < -0.39 is 169 Å². The molecule has 2 rings (SSSR count). The number of aliphatic imine (C=N–C) groups is 1. The maximum Gasteiger partial charge on any atom is 0.326 e. The third-order valence-electron chi connectivity index (χ3n) is 13.0. The van der Waals surface area contributed by atoms with E-state index in [0.29, 0.717) is 5.56 Å². The quantitative estimate of drug-likeness (QED) is 0.0171. The van der Waals surface area contributed by atoms with Gasteiger partial charge in [0.05, 0.1) is 19.0 Å². The molecule has 0 aliphatic heterocycles. The van der Waals surface area contributed by atoms with Gasteiger partial charge in [-0.25, -0.2) is 4.79 Å². The van der Waals surface area contributed by atoms with Crippen LogP contribution in [0.15, 0.2) is 65.7 Å². The van der Waals surface area contributed by atoms with Crippen LogP contribution in [0.25, 0.3) is 0 Å². The molecule has 0 aliphatic carbocycles. The number of carbonyl (C=O) groups excluding carboxylic acids is 12. The Labute approximate surface area is 498 Å². The Morgan fingerprint density at radius 1 is 0.465 bits per heavy atom. The largest absolute Gasteiger partial charge is 0.480 e. The van der Waals surface area contributed by atoms with E-state index in [1.807, 2.05) is 0 Å². The molecule has 0 fully saturated rings. The summed E-state index contributed by atoms with van der Waals surface area (Å²) in [5.74, 6) is -14.4. The second kappa shape index (κ2) is 37.2. The molecule has 474 valence electrons. The van der Waals surface area contributed by atoms with Crippen molar-refractivity contribution in [3.63, 3.8) is 0 Å². The predicted molar refractivity (Wildman–Crippen MR) is 314 cm³/mol. The molecule has 30 nitrogen and oxygen atoms in total. The molecule has 30 heteroatoms. The number of nitrogens with two attached hydrogens (primary N) is 6. The molecule has 0 aromatic heterocycles. The Morgan fingerprint density at radius 2 is 0.884 bits per heavy atom. The molecule has 12 amide bonds. The molecular formula is C56H86N16O14. The van der Waals surface area contributed by atoms with Crippen LogP contribution < -0.4 is 82.3 Å².